The number of aryl methyl sites for hydroxylation is 1. The fourth-order valence-electron chi connectivity index (χ4n) is 3.30. The van der Waals surface area contributed by atoms with Gasteiger partial charge in [0.2, 0.25) is 0 Å². The minimum absolute atomic E-state index is 0.163. The van der Waals surface area contributed by atoms with Gasteiger partial charge in [-0.25, -0.2) is 9.97 Å². The van der Waals surface area contributed by atoms with Crippen LogP contribution >= 0.6 is 22.7 Å². The second-order valence-electron chi connectivity index (χ2n) is 7.67. The van der Waals surface area contributed by atoms with Crippen molar-refractivity contribution in [3.05, 3.63) is 72.5 Å². The van der Waals surface area contributed by atoms with E-state index in [0.29, 0.717) is 36.3 Å². The zero-order valence-corrected chi connectivity index (χ0v) is 20.8. The van der Waals surface area contributed by atoms with Crippen LogP contribution in [0, 0.1) is 50.0 Å². The van der Waals surface area contributed by atoms with Crippen LogP contribution in [0.4, 0.5) is 13.2 Å². The lowest BCUT2D eigenvalue weighted by molar-refractivity contribution is -0.274. The van der Waals surface area contributed by atoms with Crippen LogP contribution in [0.25, 0.3) is 33.7 Å². The van der Waals surface area contributed by atoms with E-state index in [-0.39, 0.29) is 10.2 Å². The molecule has 182 valence electrons. The van der Waals surface area contributed by atoms with Gasteiger partial charge in [-0.1, -0.05) is 29.8 Å². The van der Waals surface area contributed by atoms with Crippen LogP contribution < -0.4 is 14.1 Å². The molecule has 0 saturated carbocycles. The minimum atomic E-state index is -4.83. The van der Waals surface area contributed by atoms with E-state index in [2.05, 4.69) is 15.8 Å². The van der Waals surface area contributed by atoms with Crippen molar-refractivity contribution in [2.24, 2.45) is 0 Å². The van der Waals surface area contributed by atoms with E-state index in [1.165, 1.54) is 23.5 Å². The highest BCUT2D eigenvalue weighted by Gasteiger charge is 2.31. The van der Waals surface area contributed by atoms with E-state index in [1.807, 2.05) is 43.3 Å². The molecule has 4 aromatic rings. The number of hydrogen-bond donors (Lipinski definition) is 0. The van der Waals surface area contributed by atoms with Gasteiger partial charge < -0.3 is 4.74 Å². The van der Waals surface area contributed by atoms with E-state index in [4.69, 9.17) is 4.98 Å². The molecule has 2 heterocycles. The van der Waals surface area contributed by atoms with E-state index >= 15 is 0 Å². The van der Waals surface area contributed by atoms with E-state index in [9.17, 15) is 29.0 Å². The monoisotopic (exact) mass is 533 g/mol. The highest BCUT2D eigenvalue weighted by Crippen LogP contribution is 2.29. The second kappa shape index (κ2) is 10.2. The van der Waals surface area contributed by atoms with Gasteiger partial charge in [0.15, 0.2) is 5.57 Å². The summed E-state index contributed by atoms with van der Waals surface area (Å²) >= 11 is 2.35. The average molecular weight is 534 g/mol. The van der Waals surface area contributed by atoms with Crippen molar-refractivity contribution in [3.63, 3.8) is 0 Å². The van der Waals surface area contributed by atoms with Gasteiger partial charge in [0.1, 0.15) is 27.2 Å². The molecular formula is C26H14F3N5OS2. The van der Waals surface area contributed by atoms with E-state index < -0.39 is 12.1 Å². The molecule has 0 unspecified atom stereocenters. The Balaban J connectivity index is 2.13. The van der Waals surface area contributed by atoms with Crippen molar-refractivity contribution >= 4 is 33.8 Å². The van der Waals surface area contributed by atoms with Gasteiger partial charge in [-0.15, -0.1) is 35.8 Å². The fourth-order valence-corrected chi connectivity index (χ4v) is 5.50. The third kappa shape index (κ3) is 5.52. The Bertz CT molecular complexity index is 1820. The lowest BCUT2D eigenvalue weighted by Gasteiger charge is -2.08. The molecule has 6 nitrogen and oxygen atoms in total. The van der Waals surface area contributed by atoms with Crippen molar-refractivity contribution in [1.82, 2.24) is 9.97 Å². The van der Waals surface area contributed by atoms with Crippen molar-refractivity contribution in [3.8, 4) is 46.5 Å². The van der Waals surface area contributed by atoms with Crippen molar-refractivity contribution in [1.29, 1.82) is 15.8 Å². The highest BCUT2D eigenvalue weighted by molar-refractivity contribution is 7.11. The highest BCUT2D eigenvalue weighted by atomic mass is 32.1. The predicted octanol–water partition coefficient (Wildman–Crippen LogP) is 5.32. The Morgan fingerprint density at radius 1 is 0.784 bits per heavy atom. The first-order valence-corrected chi connectivity index (χ1v) is 12.1. The Labute approximate surface area is 216 Å². The smallest absolute Gasteiger partial charge is 0.406 e. The van der Waals surface area contributed by atoms with Crippen molar-refractivity contribution in [2.75, 3.05) is 0 Å². The molecule has 2 aromatic carbocycles. The van der Waals surface area contributed by atoms with Crippen molar-refractivity contribution in [2.45, 2.75) is 20.2 Å². The normalized spacial score (nSPS) is 12.7. The van der Waals surface area contributed by atoms with Crippen LogP contribution in [0.15, 0.2) is 48.5 Å². The molecule has 0 aliphatic carbocycles. The topological polar surface area (TPSA) is 106 Å². The number of ether oxygens (including phenoxy) is 1. The molecule has 0 bridgehead atoms. The summed E-state index contributed by atoms with van der Waals surface area (Å²) in [5.41, 5.74) is 3.44. The summed E-state index contributed by atoms with van der Waals surface area (Å²) in [4.78, 5) is 9.20. The molecule has 0 fully saturated rings. The summed E-state index contributed by atoms with van der Waals surface area (Å²) in [6, 6.07) is 18.6. The average Bonchev–Trinajstić information content (AvgIpc) is 3.49. The van der Waals surface area contributed by atoms with Crippen LogP contribution in [0.5, 0.6) is 5.75 Å². The SMILES string of the molecule is C/C(C#N)=c1\nc(-c2ccc(C)cc2)/c(=c2\sc(=C(C#N)C#N)nc2-c2ccc(OC(F)(F)F)cc2)s1. The number of benzene rings is 2. The molecule has 0 N–H and O–H groups in total. The van der Waals surface area contributed by atoms with Gasteiger partial charge in [0.25, 0.3) is 0 Å². The number of nitrogens with zero attached hydrogens (tertiary/aromatic N) is 5. The van der Waals surface area contributed by atoms with Gasteiger partial charge in [0.05, 0.1) is 32.1 Å². The molecule has 0 atom stereocenters. The molecule has 11 heteroatoms. The van der Waals surface area contributed by atoms with Gasteiger partial charge in [-0.3, -0.25) is 0 Å². The molecule has 0 aliphatic heterocycles. The molecule has 0 spiro atoms. The third-order valence-electron chi connectivity index (χ3n) is 5.07. The van der Waals surface area contributed by atoms with Crippen LogP contribution in [-0.4, -0.2) is 16.3 Å². The molecule has 4 rings (SSSR count). The maximum Gasteiger partial charge on any atom is 0.573 e. The second-order valence-corrected chi connectivity index (χ2v) is 9.67. The first-order valence-electron chi connectivity index (χ1n) is 10.5. The van der Waals surface area contributed by atoms with Crippen LogP contribution in [0.2, 0.25) is 0 Å². The summed E-state index contributed by atoms with van der Waals surface area (Å²) in [5, 5.41) is 28.3. The number of thiazole rings is 2. The summed E-state index contributed by atoms with van der Waals surface area (Å²) in [5.74, 6) is -0.394. The first-order chi connectivity index (χ1) is 17.6. The minimum Gasteiger partial charge on any atom is -0.406 e. The summed E-state index contributed by atoms with van der Waals surface area (Å²) in [6.07, 6.45) is -4.83. The molecule has 0 aliphatic rings. The van der Waals surface area contributed by atoms with Gasteiger partial charge in [-0.2, -0.15) is 15.8 Å². The summed E-state index contributed by atoms with van der Waals surface area (Å²) in [6.45, 7) is 3.60. The molecular weight excluding hydrogens is 519 g/mol. The third-order valence-corrected chi connectivity index (χ3v) is 7.48. The van der Waals surface area contributed by atoms with Crippen LogP contribution in [0.1, 0.15) is 12.5 Å². The molecule has 37 heavy (non-hydrogen) atoms. The number of rotatable bonds is 3. The molecule has 0 saturated heterocycles. The van der Waals surface area contributed by atoms with E-state index in [1.54, 1.807) is 6.92 Å². The Kier molecular flexibility index (Phi) is 7.08. The maximum atomic E-state index is 12.6. The summed E-state index contributed by atoms with van der Waals surface area (Å²) in [7, 11) is 0. The number of halogens is 3. The summed E-state index contributed by atoms with van der Waals surface area (Å²) < 4.78 is 43.7. The van der Waals surface area contributed by atoms with E-state index in [0.717, 1.165) is 34.6 Å². The zero-order chi connectivity index (χ0) is 26.7. The first kappa shape index (κ1) is 25.6. The quantitative estimate of drug-likeness (QED) is 0.353. The molecule has 2 aromatic heterocycles. The van der Waals surface area contributed by atoms with Gasteiger partial charge >= 0.3 is 6.36 Å². The lowest BCUT2D eigenvalue weighted by Crippen LogP contribution is -2.16. The van der Waals surface area contributed by atoms with Crippen LogP contribution in [0.3, 0.4) is 0 Å². The number of alkyl halides is 3. The van der Waals surface area contributed by atoms with Crippen molar-refractivity contribution < 1.29 is 17.9 Å². The maximum absolute atomic E-state index is 12.6. The van der Waals surface area contributed by atoms with Gasteiger partial charge in [-0.05, 0) is 38.1 Å². The number of hydrogen-bond acceptors (Lipinski definition) is 8. The molecule has 0 radical (unpaired) electrons. The zero-order valence-electron chi connectivity index (χ0n) is 19.2. The number of aromatic nitrogens is 2. The van der Waals surface area contributed by atoms with Gasteiger partial charge in [0, 0.05) is 11.1 Å². The Morgan fingerprint density at radius 3 is 1.76 bits per heavy atom. The fraction of sp³-hybridized carbons (Fsp3) is 0.115. The Morgan fingerprint density at radius 2 is 1.27 bits per heavy atom. The largest absolute Gasteiger partial charge is 0.573 e. The lowest BCUT2D eigenvalue weighted by atomic mass is 10.1. The molecule has 0 amide bonds. The standard InChI is InChI=1S/C26H14F3N5OS2/c1-14-3-5-16(6-4-14)20-22(36-24(33-20)15(2)11-30)23-21(34-25(37-23)18(12-31)13-32)17-7-9-19(10-8-17)35-26(27,28)29/h3-10H,1-2H3/b23-22+,24-15-. The van der Waals surface area contributed by atoms with Crippen LogP contribution in [-0.2, 0) is 0 Å². The number of nitriles is 3. The predicted molar refractivity (Wildman–Crippen MR) is 133 cm³/mol. The Hall–Kier alpha value is -4.50.